The predicted octanol–water partition coefficient (Wildman–Crippen LogP) is 4.19. The number of anilines is 5. The van der Waals surface area contributed by atoms with Gasteiger partial charge >= 0.3 is 0 Å². The van der Waals surface area contributed by atoms with Crippen molar-refractivity contribution in [3.05, 3.63) is 60.7 Å². The van der Waals surface area contributed by atoms with E-state index < -0.39 is 0 Å². The molecule has 0 atom stereocenters. The summed E-state index contributed by atoms with van der Waals surface area (Å²) in [7, 11) is 0. The van der Waals surface area contributed by atoms with Gasteiger partial charge in [0.2, 0.25) is 5.95 Å². The summed E-state index contributed by atoms with van der Waals surface area (Å²) < 4.78 is 7.43. The molecule has 4 aromatic heterocycles. The third-order valence-corrected chi connectivity index (χ3v) is 5.57. The number of aromatic nitrogens is 5. The lowest BCUT2D eigenvalue weighted by Crippen LogP contribution is -2.20. The minimum Gasteiger partial charge on any atom is -0.381 e. The van der Waals surface area contributed by atoms with Crippen LogP contribution in [0, 0.1) is 0 Å². The number of nitrogens with zero attached hydrogens (tertiary/aromatic N) is 6. The first-order valence-corrected chi connectivity index (χ1v) is 11.4. The molecule has 0 radical (unpaired) electrons. The van der Waals surface area contributed by atoms with Crippen molar-refractivity contribution in [2.75, 3.05) is 41.8 Å². The van der Waals surface area contributed by atoms with Crippen molar-refractivity contribution < 1.29 is 4.74 Å². The first-order chi connectivity index (χ1) is 16.3. The fourth-order valence-corrected chi connectivity index (χ4v) is 3.92. The van der Waals surface area contributed by atoms with Gasteiger partial charge in [0.15, 0.2) is 0 Å². The largest absolute Gasteiger partial charge is 0.381 e. The Morgan fingerprint density at radius 1 is 0.970 bits per heavy atom. The molecule has 2 N–H and O–H groups in total. The molecule has 1 fully saturated rings. The molecule has 9 nitrogen and oxygen atoms in total. The van der Waals surface area contributed by atoms with Gasteiger partial charge in [-0.25, -0.2) is 9.97 Å². The Kier molecular flexibility index (Phi) is 6.30. The molecule has 0 aromatic carbocycles. The molecule has 1 aliphatic heterocycles. The highest BCUT2D eigenvalue weighted by Crippen LogP contribution is 2.26. The van der Waals surface area contributed by atoms with Gasteiger partial charge in [-0.3, -0.25) is 0 Å². The molecule has 33 heavy (non-hydrogen) atoms. The monoisotopic (exact) mass is 444 g/mol. The van der Waals surface area contributed by atoms with E-state index in [1.807, 2.05) is 60.1 Å². The van der Waals surface area contributed by atoms with Crippen LogP contribution >= 0.6 is 0 Å². The highest BCUT2D eigenvalue weighted by molar-refractivity contribution is 5.65. The summed E-state index contributed by atoms with van der Waals surface area (Å²) >= 11 is 0. The van der Waals surface area contributed by atoms with E-state index in [4.69, 9.17) is 19.7 Å². The predicted molar refractivity (Wildman–Crippen MR) is 130 cm³/mol. The van der Waals surface area contributed by atoms with Crippen LogP contribution in [0.2, 0.25) is 0 Å². The Balaban J connectivity index is 1.40. The molecule has 1 saturated heterocycles. The molecular weight excluding hydrogens is 416 g/mol. The Hall–Kier alpha value is -3.72. The lowest BCUT2D eigenvalue weighted by atomic mass is 10.3. The van der Waals surface area contributed by atoms with Crippen molar-refractivity contribution in [3.8, 4) is 0 Å². The third kappa shape index (κ3) is 5.20. The number of hydrogen-bond donors (Lipinski definition) is 2. The molecule has 9 heteroatoms. The molecule has 4 aromatic rings. The minimum absolute atomic E-state index is 0.512. The maximum absolute atomic E-state index is 5.46. The minimum atomic E-state index is 0.512. The van der Waals surface area contributed by atoms with E-state index in [1.54, 1.807) is 6.20 Å². The van der Waals surface area contributed by atoms with E-state index in [9.17, 15) is 0 Å². The number of nitrogens with one attached hydrogen (secondary N) is 2. The van der Waals surface area contributed by atoms with Crippen LogP contribution < -0.4 is 15.5 Å². The highest BCUT2D eigenvalue weighted by atomic mass is 16.5. The molecule has 0 saturated carbocycles. The maximum Gasteiger partial charge on any atom is 0.232 e. The van der Waals surface area contributed by atoms with Gasteiger partial charge in [0, 0.05) is 68.2 Å². The van der Waals surface area contributed by atoms with Crippen LogP contribution in [0.25, 0.3) is 5.65 Å². The first-order valence-electron chi connectivity index (χ1n) is 11.4. The molecule has 5 heterocycles. The molecule has 0 unspecified atom stereocenters. The number of rotatable bonds is 9. The van der Waals surface area contributed by atoms with Crippen LogP contribution in [-0.2, 0) is 11.2 Å². The van der Waals surface area contributed by atoms with Crippen LogP contribution in [-0.4, -0.2) is 50.6 Å². The quantitative estimate of drug-likeness (QED) is 0.371. The van der Waals surface area contributed by atoms with E-state index in [-0.39, 0.29) is 0 Å². The van der Waals surface area contributed by atoms with E-state index in [2.05, 4.69) is 20.5 Å². The van der Waals surface area contributed by atoms with Crippen LogP contribution in [0.5, 0.6) is 0 Å². The lowest BCUT2D eigenvalue weighted by Gasteiger charge is -2.19. The number of hydrogen-bond acceptors (Lipinski definition) is 8. The zero-order valence-electron chi connectivity index (χ0n) is 18.7. The maximum atomic E-state index is 5.46. The second-order valence-corrected chi connectivity index (χ2v) is 7.95. The summed E-state index contributed by atoms with van der Waals surface area (Å²) in [6.45, 7) is 5.36. The van der Waals surface area contributed by atoms with Gasteiger partial charge in [-0.05, 0) is 38.0 Å². The van der Waals surface area contributed by atoms with E-state index in [0.717, 1.165) is 48.2 Å². The van der Waals surface area contributed by atoms with Gasteiger partial charge in [0.1, 0.15) is 23.1 Å². The highest BCUT2D eigenvalue weighted by Gasteiger charge is 2.16. The van der Waals surface area contributed by atoms with E-state index in [1.165, 1.54) is 12.8 Å². The Morgan fingerprint density at radius 3 is 2.76 bits per heavy atom. The standard InChI is InChI=1S/C24H28N8O/c1-2-33-15-9-18-6-5-7-20(26-18)28-24-29-21(17-23(30-24)31-11-3-4-12-31)27-19-8-13-32-14-10-25-22(32)16-19/h5-8,10,13-14,16-17H,2-4,9,11-12,15H2,1H3,(H2,26,27,28,29,30). The van der Waals surface area contributed by atoms with Gasteiger partial charge in [-0.1, -0.05) is 6.07 Å². The molecule has 0 bridgehead atoms. The number of imidazole rings is 1. The Bertz CT molecular complexity index is 1220. The molecule has 0 spiro atoms. The third-order valence-electron chi connectivity index (χ3n) is 5.57. The summed E-state index contributed by atoms with van der Waals surface area (Å²) in [6, 6.07) is 11.9. The van der Waals surface area contributed by atoms with Crippen LogP contribution in [0.1, 0.15) is 25.5 Å². The number of ether oxygens (including phenoxy) is 1. The number of pyridine rings is 2. The second kappa shape index (κ2) is 9.83. The van der Waals surface area contributed by atoms with Crippen molar-refractivity contribution in [1.29, 1.82) is 0 Å². The van der Waals surface area contributed by atoms with Crippen LogP contribution in [0.4, 0.5) is 29.1 Å². The zero-order valence-corrected chi connectivity index (χ0v) is 18.7. The molecule has 1 aliphatic rings. The molecule has 0 amide bonds. The summed E-state index contributed by atoms with van der Waals surface area (Å²) in [5.41, 5.74) is 2.76. The van der Waals surface area contributed by atoms with Crippen molar-refractivity contribution in [1.82, 2.24) is 24.3 Å². The molecule has 170 valence electrons. The summed E-state index contributed by atoms with van der Waals surface area (Å²) in [5.74, 6) is 2.85. The second-order valence-electron chi connectivity index (χ2n) is 7.95. The number of fused-ring (bicyclic) bond motifs is 1. The zero-order chi connectivity index (χ0) is 22.5. The lowest BCUT2D eigenvalue weighted by molar-refractivity contribution is 0.150. The van der Waals surface area contributed by atoms with Crippen LogP contribution in [0.3, 0.4) is 0 Å². The van der Waals surface area contributed by atoms with Crippen LogP contribution in [0.15, 0.2) is 55.0 Å². The normalized spacial score (nSPS) is 13.5. The van der Waals surface area contributed by atoms with E-state index >= 15 is 0 Å². The smallest absolute Gasteiger partial charge is 0.232 e. The fourth-order valence-electron chi connectivity index (χ4n) is 3.92. The van der Waals surface area contributed by atoms with Gasteiger partial charge in [-0.2, -0.15) is 9.97 Å². The van der Waals surface area contributed by atoms with Gasteiger partial charge in [0.05, 0.1) is 6.61 Å². The average molecular weight is 445 g/mol. The average Bonchev–Trinajstić information content (AvgIpc) is 3.51. The Labute approximate surface area is 192 Å². The van der Waals surface area contributed by atoms with E-state index in [0.29, 0.717) is 25.0 Å². The van der Waals surface area contributed by atoms with Gasteiger partial charge in [-0.15, -0.1) is 0 Å². The summed E-state index contributed by atoms with van der Waals surface area (Å²) in [4.78, 5) is 20.8. The van der Waals surface area contributed by atoms with Crippen molar-refractivity contribution in [3.63, 3.8) is 0 Å². The van der Waals surface area contributed by atoms with Crippen molar-refractivity contribution in [2.24, 2.45) is 0 Å². The van der Waals surface area contributed by atoms with Crippen molar-refractivity contribution in [2.45, 2.75) is 26.2 Å². The van der Waals surface area contributed by atoms with Gasteiger partial charge in [0.25, 0.3) is 0 Å². The summed E-state index contributed by atoms with van der Waals surface area (Å²) in [5, 5.41) is 6.71. The first kappa shape index (κ1) is 21.1. The summed E-state index contributed by atoms with van der Waals surface area (Å²) in [6.07, 6.45) is 8.80. The fraction of sp³-hybridized carbons (Fsp3) is 0.333. The van der Waals surface area contributed by atoms with Gasteiger partial charge < -0.3 is 24.7 Å². The Morgan fingerprint density at radius 2 is 1.88 bits per heavy atom. The topological polar surface area (TPSA) is 92.5 Å². The molecular formula is C24H28N8O. The molecule has 5 rings (SSSR count). The van der Waals surface area contributed by atoms with Crippen molar-refractivity contribution >= 4 is 34.7 Å². The molecule has 0 aliphatic carbocycles. The SMILES string of the molecule is CCOCCc1cccc(Nc2nc(Nc3ccn4ccnc4c3)cc(N3CCCC3)n2)n1.